The highest BCUT2D eigenvalue weighted by Gasteiger charge is 2.52. The quantitative estimate of drug-likeness (QED) is 0.455. The molecule has 4 rings (SSSR count). The predicted molar refractivity (Wildman–Crippen MR) is 146 cm³/mol. The van der Waals surface area contributed by atoms with Crippen LogP contribution in [0.5, 0.6) is 0 Å². The highest BCUT2D eigenvalue weighted by atomic mass is 15.3. The summed E-state index contributed by atoms with van der Waals surface area (Å²) in [5.74, 6) is 5.71. The van der Waals surface area contributed by atoms with Gasteiger partial charge in [-0.25, -0.2) is 0 Å². The van der Waals surface area contributed by atoms with Crippen molar-refractivity contribution in [2.45, 2.75) is 156 Å². The maximum absolute atomic E-state index is 3.93. The van der Waals surface area contributed by atoms with Crippen molar-refractivity contribution in [2.75, 3.05) is 7.05 Å². The summed E-state index contributed by atoms with van der Waals surface area (Å²) in [6.45, 7) is 23.7. The van der Waals surface area contributed by atoms with Crippen LogP contribution >= 0.6 is 0 Å². The lowest BCUT2D eigenvalue weighted by Crippen LogP contribution is -2.48. The Morgan fingerprint density at radius 3 is 1.30 bits per heavy atom. The SMILES string of the molecule is CC.CN1C(C)(C)CC(C2CCC(C3CCC(C4CC(C)(C)NC4(C)C)CC3)CC2)C1(C)C. The minimum absolute atomic E-state index is 0.314. The van der Waals surface area contributed by atoms with Crippen LogP contribution in [-0.4, -0.2) is 34.1 Å². The van der Waals surface area contributed by atoms with E-state index >= 15 is 0 Å². The average Bonchev–Trinajstić information content (AvgIpc) is 3.08. The van der Waals surface area contributed by atoms with Crippen molar-refractivity contribution in [3.63, 3.8) is 0 Å². The molecule has 2 atom stereocenters. The second kappa shape index (κ2) is 9.76. The van der Waals surface area contributed by atoms with E-state index < -0.39 is 0 Å². The summed E-state index contributed by atoms with van der Waals surface area (Å²) in [5.41, 5.74) is 1.35. The standard InChI is InChI=1S/C29H54N2.C2H6/c1-26(2)18-24(28(5,6)30-26)22-14-10-20(11-15-22)21-12-16-23(17-13-21)25-19-27(3,4)31(9)29(25,7)8;1-2/h20-25,30H,10-19H2,1-9H3;1-2H3. The van der Waals surface area contributed by atoms with Crippen molar-refractivity contribution >= 4 is 0 Å². The zero-order valence-electron chi connectivity index (χ0n) is 24.5. The smallest absolute Gasteiger partial charge is 0.0186 e. The first-order valence-corrected chi connectivity index (χ1v) is 14.8. The third kappa shape index (κ3) is 5.52. The fourth-order valence-corrected chi connectivity index (χ4v) is 9.31. The molecule has 2 aliphatic carbocycles. The number of nitrogens with zero attached hydrogens (tertiary/aromatic N) is 1. The summed E-state index contributed by atoms with van der Waals surface area (Å²) in [4.78, 5) is 2.68. The predicted octanol–water partition coefficient (Wildman–Crippen LogP) is 8.30. The lowest BCUT2D eigenvalue weighted by atomic mass is 9.63. The van der Waals surface area contributed by atoms with Crippen molar-refractivity contribution in [2.24, 2.45) is 35.5 Å². The van der Waals surface area contributed by atoms with Crippen LogP contribution in [0.3, 0.4) is 0 Å². The van der Waals surface area contributed by atoms with Crippen LogP contribution < -0.4 is 5.32 Å². The molecule has 4 fully saturated rings. The zero-order chi connectivity index (χ0) is 24.8. The Labute approximate surface area is 208 Å². The van der Waals surface area contributed by atoms with E-state index in [2.05, 4.69) is 72.7 Å². The maximum Gasteiger partial charge on any atom is 0.0186 e. The fourth-order valence-electron chi connectivity index (χ4n) is 9.31. The topological polar surface area (TPSA) is 15.3 Å². The van der Waals surface area contributed by atoms with Gasteiger partial charge in [0, 0.05) is 22.2 Å². The number of hydrogen-bond donors (Lipinski definition) is 1. The Balaban J connectivity index is 0.00000149. The van der Waals surface area contributed by atoms with Crippen molar-refractivity contribution in [3.8, 4) is 0 Å². The number of rotatable bonds is 3. The van der Waals surface area contributed by atoms with Crippen LogP contribution in [0.4, 0.5) is 0 Å². The Bertz CT molecular complexity index is 629. The van der Waals surface area contributed by atoms with Gasteiger partial charge >= 0.3 is 0 Å². The maximum atomic E-state index is 3.93. The van der Waals surface area contributed by atoms with E-state index in [0.717, 1.165) is 35.5 Å². The van der Waals surface area contributed by atoms with E-state index in [1.54, 1.807) is 0 Å². The number of nitrogens with one attached hydrogen (secondary N) is 1. The van der Waals surface area contributed by atoms with E-state index in [0.29, 0.717) is 22.2 Å². The molecule has 0 spiro atoms. The molecule has 4 aliphatic rings. The summed E-state index contributed by atoms with van der Waals surface area (Å²) in [5, 5.41) is 3.93. The minimum Gasteiger partial charge on any atom is -0.307 e. The van der Waals surface area contributed by atoms with Gasteiger partial charge in [0.1, 0.15) is 0 Å². The number of hydrogen-bond acceptors (Lipinski definition) is 2. The lowest BCUT2D eigenvalue weighted by molar-refractivity contribution is 0.0602. The van der Waals surface area contributed by atoms with Gasteiger partial charge in [-0.2, -0.15) is 0 Å². The second-order valence-electron chi connectivity index (χ2n) is 14.7. The molecule has 0 radical (unpaired) electrons. The second-order valence-corrected chi connectivity index (χ2v) is 14.7. The monoisotopic (exact) mass is 460 g/mol. The largest absolute Gasteiger partial charge is 0.307 e. The number of likely N-dealkylation sites (tertiary alicyclic amines) is 1. The molecule has 33 heavy (non-hydrogen) atoms. The Morgan fingerprint density at radius 1 is 0.576 bits per heavy atom. The van der Waals surface area contributed by atoms with E-state index in [-0.39, 0.29) is 0 Å². The van der Waals surface area contributed by atoms with Gasteiger partial charge in [-0.15, -0.1) is 0 Å². The van der Waals surface area contributed by atoms with Crippen LogP contribution in [0.2, 0.25) is 0 Å². The van der Waals surface area contributed by atoms with Gasteiger partial charge in [0.15, 0.2) is 0 Å². The zero-order valence-corrected chi connectivity index (χ0v) is 24.5. The molecule has 0 bridgehead atoms. The average molecular weight is 461 g/mol. The molecule has 2 unspecified atom stereocenters. The molecule has 2 heterocycles. The van der Waals surface area contributed by atoms with Gasteiger partial charge in [0.25, 0.3) is 0 Å². The normalized spacial score (nSPS) is 41.9. The Hall–Kier alpha value is -0.0800. The third-order valence-corrected chi connectivity index (χ3v) is 11.2. The van der Waals surface area contributed by atoms with Gasteiger partial charge in [-0.1, -0.05) is 13.8 Å². The molecule has 2 saturated carbocycles. The van der Waals surface area contributed by atoms with Crippen LogP contribution in [0.25, 0.3) is 0 Å². The van der Waals surface area contributed by atoms with Crippen molar-refractivity contribution in [1.29, 1.82) is 0 Å². The molecule has 0 aromatic rings. The van der Waals surface area contributed by atoms with Crippen LogP contribution in [0.15, 0.2) is 0 Å². The molecule has 0 amide bonds. The van der Waals surface area contributed by atoms with Crippen LogP contribution in [0.1, 0.15) is 133 Å². The van der Waals surface area contributed by atoms with Gasteiger partial charge in [0.2, 0.25) is 0 Å². The minimum atomic E-state index is 0.314. The van der Waals surface area contributed by atoms with Gasteiger partial charge in [-0.3, -0.25) is 4.90 Å². The van der Waals surface area contributed by atoms with E-state index in [9.17, 15) is 0 Å². The molecule has 194 valence electrons. The summed E-state index contributed by atoms with van der Waals surface area (Å²) in [6.07, 6.45) is 14.8. The van der Waals surface area contributed by atoms with Crippen molar-refractivity contribution in [3.05, 3.63) is 0 Å². The Morgan fingerprint density at radius 2 is 0.970 bits per heavy atom. The Kier molecular flexibility index (Phi) is 8.13. The summed E-state index contributed by atoms with van der Waals surface area (Å²) >= 11 is 0. The van der Waals surface area contributed by atoms with Gasteiger partial charge in [0.05, 0.1) is 0 Å². The molecule has 2 aliphatic heterocycles. The first-order valence-electron chi connectivity index (χ1n) is 14.8. The molecule has 0 aromatic heterocycles. The van der Waals surface area contributed by atoms with E-state index in [4.69, 9.17) is 0 Å². The highest BCUT2D eigenvalue weighted by molar-refractivity contribution is 5.07. The molecule has 0 aromatic carbocycles. The summed E-state index contributed by atoms with van der Waals surface area (Å²) in [6, 6.07) is 0. The summed E-state index contributed by atoms with van der Waals surface area (Å²) < 4.78 is 0. The summed E-state index contributed by atoms with van der Waals surface area (Å²) in [7, 11) is 2.37. The van der Waals surface area contributed by atoms with Crippen LogP contribution in [0, 0.1) is 35.5 Å². The molecule has 1 N–H and O–H groups in total. The first kappa shape index (κ1) is 27.5. The van der Waals surface area contributed by atoms with Gasteiger partial charge in [-0.05, 0) is 162 Å². The third-order valence-electron chi connectivity index (χ3n) is 11.2. The highest BCUT2D eigenvalue weighted by Crippen LogP contribution is 2.53. The molecule has 2 nitrogen and oxygen atoms in total. The molecular formula is C31H60N2. The van der Waals surface area contributed by atoms with E-state index in [1.165, 1.54) is 64.2 Å². The fraction of sp³-hybridized carbons (Fsp3) is 1.00. The van der Waals surface area contributed by atoms with E-state index in [1.807, 2.05) is 13.8 Å². The first-order chi connectivity index (χ1) is 15.2. The van der Waals surface area contributed by atoms with Crippen molar-refractivity contribution < 1.29 is 0 Å². The molecule has 2 saturated heterocycles. The molecule has 2 heteroatoms. The van der Waals surface area contributed by atoms with Gasteiger partial charge < -0.3 is 5.32 Å². The molecular weight excluding hydrogens is 400 g/mol. The van der Waals surface area contributed by atoms with Crippen LogP contribution in [-0.2, 0) is 0 Å². The van der Waals surface area contributed by atoms with Crippen molar-refractivity contribution in [1.82, 2.24) is 10.2 Å². The lowest BCUT2D eigenvalue weighted by Gasteiger charge is -2.44.